The molecular weight excluding hydrogens is 324 g/mol. The van der Waals surface area contributed by atoms with E-state index in [1.54, 1.807) is 24.3 Å². The van der Waals surface area contributed by atoms with Crippen molar-refractivity contribution in [1.82, 2.24) is 9.97 Å². The Morgan fingerprint density at radius 3 is 2.23 bits per heavy atom. The van der Waals surface area contributed by atoms with Crippen LogP contribution in [-0.2, 0) is 0 Å². The summed E-state index contributed by atoms with van der Waals surface area (Å²) < 4.78 is 10.2. The second-order valence-corrected chi connectivity index (χ2v) is 5.83. The van der Waals surface area contributed by atoms with Gasteiger partial charge in [-0.3, -0.25) is 0 Å². The Kier molecular flexibility index (Phi) is 5.51. The highest BCUT2D eigenvalue weighted by molar-refractivity contribution is 7.99. The molecule has 0 bridgehead atoms. The second kappa shape index (κ2) is 7.37. The van der Waals surface area contributed by atoms with Crippen molar-refractivity contribution in [1.29, 1.82) is 0 Å². The smallest absolute Gasteiger partial charge is 0.337 e. The number of methoxy groups -OCH3 is 2. The van der Waals surface area contributed by atoms with Crippen molar-refractivity contribution in [3.05, 3.63) is 29.8 Å². The molecule has 22 heavy (non-hydrogen) atoms. The molecule has 0 saturated carbocycles. The molecule has 2 aromatic rings. The number of hydrogen-bond donors (Lipinski definition) is 1. The minimum Gasteiger partial charge on any atom is -0.481 e. The van der Waals surface area contributed by atoms with Crippen molar-refractivity contribution < 1.29 is 19.4 Å². The van der Waals surface area contributed by atoms with Gasteiger partial charge in [-0.1, -0.05) is 6.07 Å². The number of aromatic nitrogens is 2. The largest absolute Gasteiger partial charge is 0.481 e. The van der Waals surface area contributed by atoms with Gasteiger partial charge in [0, 0.05) is 9.79 Å². The Hall–Kier alpha value is -1.93. The highest BCUT2D eigenvalue weighted by Crippen LogP contribution is 2.34. The number of carboxylic acids is 1. The predicted molar refractivity (Wildman–Crippen MR) is 84.4 cm³/mol. The molecule has 0 unspecified atom stereocenters. The van der Waals surface area contributed by atoms with Gasteiger partial charge in [0.25, 0.3) is 0 Å². The van der Waals surface area contributed by atoms with E-state index in [1.807, 2.05) is 6.26 Å². The minimum atomic E-state index is -0.984. The Labute approximate surface area is 136 Å². The fourth-order valence-corrected chi connectivity index (χ4v) is 3.31. The van der Waals surface area contributed by atoms with Crippen LogP contribution in [0.5, 0.6) is 11.8 Å². The maximum atomic E-state index is 11.5. The summed E-state index contributed by atoms with van der Waals surface area (Å²) in [5, 5.41) is 9.80. The van der Waals surface area contributed by atoms with Crippen LogP contribution in [0.1, 0.15) is 10.4 Å². The van der Waals surface area contributed by atoms with Crippen LogP contribution < -0.4 is 9.47 Å². The lowest BCUT2D eigenvalue weighted by Crippen LogP contribution is -2.02. The van der Waals surface area contributed by atoms with Gasteiger partial charge in [0.05, 0.1) is 25.8 Å². The van der Waals surface area contributed by atoms with Crippen LogP contribution >= 0.6 is 23.5 Å². The zero-order valence-corrected chi connectivity index (χ0v) is 13.8. The molecule has 6 nitrogen and oxygen atoms in total. The topological polar surface area (TPSA) is 81.5 Å². The summed E-state index contributed by atoms with van der Waals surface area (Å²) in [6.45, 7) is 0. The molecule has 0 aliphatic carbocycles. The Balaban J connectivity index is 2.45. The first kappa shape index (κ1) is 16.4. The van der Waals surface area contributed by atoms with Gasteiger partial charge in [0.1, 0.15) is 0 Å². The van der Waals surface area contributed by atoms with E-state index in [2.05, 4.69) is 9.97 Å². The zero-order chi connectivity index (χ0) is 16.1. The van der Waals surface area contributed by atoms with Crippen molar-refractivity contribution in [3.8, 4) is 11.8 Å². The first-order chi connectivity index (χ1) is 10.6. The number of thioether (sulfide) groups is 1. The molecule has 1 heterocycles. The molecule has 0 aliphatic rings. The van der Waals surface area contributed by atoms with E-state index in [-0.39, 0.29) is 5.56 Å². The molecule has 116 valence electrons. The number of carbonyl (C=O) groups is 1. The predicted octanol–water partition coefficient (Wildman–Crippen LogP) is 3.07. The quantitative estimate of drug-likeness (QED) is 0.636. The molecule has 0 spiro atoms. The van der Waals surface area contributed by atoms with Crippen molar-refractivity contribution in [2.75, 3.05) is 20.5 Å². The summed E-state index contributed by atoms with van der Waals surface area (Å²) in [5.41, 5.74) is 0.241. The molecule has 0 atom stereocenters. The lowest BCUT2D eigenvalue weighted by atomic mass is 10.2. The average molecular weight is 338 g/mol. The molecule has 1 aromatic carbocycles. The monoisotopic (exact) mass is 338 g/mol. The summed E-state index contributed by atoms with van der Waals surface area (Å²) in [6, 6.07) is 6.85. The maximum absolute atomic E-state index is 11.5. The van der Waals surface area contributed by atoms with Crippen LogP contribution in [0.3, 0.4) is 0 Å². The summed E-state index contributed by atoms with van der Waals surface area (Å²) in [5.74, 6) is -0.276. The lowest BCUT2D eigenvalue weighted by Gasteiger charge is -2.10. The first-order valence-electron chi connectivity index (χ1n) is 6.14. The van der Waals surface area contributed by atoms with Crippen molar-refractivity contribution in [2.45, 2.75) is 14.9 Å². The van der Waals surface area contributed by atoms with Gasteiger partial charge < -0.3 is 14.6 Å². The van der Waals surface area contributed by atoms with Crippen molar-refractivity contribution >= 4 is 29.5 Å². The molecule has 2 rings (SSSR count). The van der Waals surface area contributed by atoms with Gasteiger partial charge in [0.15, 0.2) is 5.16 Å². The van der Waals surface area contributed by atoms with E-state index < -0.39 is 5.97 Å². The number of benzene rings is 1. The number of aromatic carboxylic acids is 1. The Bertz CT molecular complexity index is 672. The Morgan fingerprint density at radius 1 is 1.14 bits per heavy atom. The van der Waals surface area contributed by atoms with E-state index in [0.717, 1.165) is 11.8 Å². The normalized spacial score (nSPS) is 10.3. The minimum absolute atomic E-state index is 0.241. The average Bonchev–Trinajstić information content (AvgIpc) is 2.53. The van der Waals surface area contributed by atoms with Crippen LogP contribution in [0.25, 0.3) is 0 Å². The number of hydrogen-bond acceptors (Lipinski definition) is 7. The highest BCUT2D eigenvalue weighted by atomic mass is 32.2. The van der Waals surface area contributed by atoms with Gasteiger partial charge in [0.2, 0.25) is 11.8 Å². The molecule has 1 N–H and O–H groups in total. The maximum Gasteiger partial charge on any atom is 0.337 e. The summed E-state index contributed by atoms with van der Waals surface area (Å²) >= 11 is 2.53. The lowest BCUT2D eigenvalue weighted by molar-refractivity contribution is 0.0689. The standard InChI is InChI=1S/C14H14N2O4S2/c1-19-10-7-11(20-2)16-14(15-10)22-9-6-4-5-8(21-3)12(9)13(17)18/h4-7H,1-3H3,(H,17,18). The summed E-state index contributed by atoms with van der Waals surface area (Å²) in [6.07, 6.45) is 1.83. The van der Waals surface area contributed by atoms with E-state index in [0.29, 0.717) is 26.7 Å². The third kappa shape index (κ3) is 3.63. The molecule has 0 aliphatic heterocycles. The van der Waals surface area contributed by atoms with Gasteiger partial charge in [-0.25, -0.2) is 4.79 Å². The van der Waals surface area contributed by atoms with E-state index >= 15 is 0 Å². The number of nitrogens with zero attached hydrogens (tertiary/aromatic N) is 2. The molecule has 0 fully saturated rings. The number of carboxylic acid groups (broad SMARTS) is 1. The zero-order valence-electron chi connectivity index (χ0n) is 12.2. The van der Waals surface area contributed by atoms with Crippen LogP contribution in [0.2, 0.25) is 0 Å². The third-order valence-electron chi connectivity index (χ3n) is 2.70. The molecule has 0 amide bonds. The molecule has 8 heteroatoms. The summed E-state index contributed by atoms with van der Waals surface area (Å²) in [7, 11) is 2.99. The fraction of sp³-hybridized carbons (Fsp3) is 0.214. The SMILES string of the molecule is COc1cc(OC)nc(Sc2cccc(SC)c2C(=O)O)n1. The second-order valence-electron chi connectivity index (χ2n) is 3.98. The van der Waals surface area contributed by atoms with Gasteiger partial charge in [-0.05, 0) is 30.2 Å². The van der Waals surface area contributed by atoms with E-state index in [4.69, 9.17) is 9.47 Å². The van der Waals surface area contributed by atoms with Crippen LogP contribution in [-0.4, -0.2) is 41.5 Å². The molecule has 1 aromatic heterocycles. The molecule has 0 saturated heterocycles. The first-order valence-corrected chi connectivity index (χ1v) is 8.18. The Morgan fingerprint density at radius 2 is 1.73 bits per heavy atom. The van der Waals surface area contributed by atoms with Crippen LogP contribution in [0.15, 0.2) is 39.2 Å². The highest BCUT2D eigenvalue weighted by Gasteiger charge is 2.17. The van der Waals surface area contributed by atoms with E-state index in [1.165, 1.54) is 26.0 Å². The van der Waals surface area contributed by atoms with Crippen LogP contribution in [0.4, 0.5) is 0 Å². The third-order valence-corrected chi connectivity index (χ3v) is 4.41. The number of rotatable bonds is 6. The molecular formula is C14H14N2O4S2. The fourth-order valence-electron chi connectivity index (χ4n) is 1.71. The van der Waals surface area contributed by atoms with E-state index in [9.17, 15) is 9.90 Å². The molecule has 0 radical (unpaired) electrons. The number of ether oxygens (including phenoxy) is 2. The van der Waals surface area contributed by atoms with Crippen molar-refractivity contribution in [3.63, 3.8) is 0 Å². The van der Waals surface area contributed by atoms with Crippen LogP contribution in [0, 0.1) is 0 Å². The van der Waals surface area contributed by atoms with Gasteiger partial charge >= 0.3 is 5.97 Å². The van der Waals surface area contributed by atoms with Gasteiger partial charge in [-0.15, -0.1) is 11.8 Å². The summed E-state index contributed by atoms with van der Waals surface area (Å²) in [4.78, 5) is 21.2. The van der Waals surface area contributed by atoms with Crippen molar-refractivity contribution in [2.24, 2.45) is 0 Å². The van der Waals surface area contributed by atoms with Gasteiger partial charge in [-0.2, -0.15) is 9.97 Å².